The molecule has 2 rings (SSSR count). The zero-order chi connectivity index (χ0) is 21.9. The van der Waals surface area contributed by atoms with E-state index in [1.807, 2.05) is 0 Å². The molecule has 0 unspecified atom stereocenters. The fourth-order valence-electron chi connectivity index (χ4n) is 3.84. The summed E-state index contributed by atoms with van der Waals surface area (Å²) in [6.07, 6.45) is 7.88. The van der Waals surface area contributed by atoms with Crippen molar-refractivity contribution in [2.75, 3.05) is 46.3 Å². The predicted molar refractivity (Wildman–Crippen MR) is 127 cm³/mol. The van der Waals surface area contributed by atoms with Gasteiger partial charge in [-0.15, -0.1) is 0 Å². The predicted octanol–water partition coefficient (Wildman–Crippen LogP) is 3.42. The standard InChI is InChI=1S/C22H39N5O2S/c1-4-5-6-7-8-9-13-27-21(29)19(20(28)24-22(27)30)18(2)23-11-10-12-26-16-14-25(3)15-17-26/h29H,4-17H2,1-3H3,(H,24,28,30). The second-order valence-corrected chi connectivity index (χ2v) is 8.73. The summed E-state index contributed by atoms with van der Waals surface area (Å²) in [5.41, 5.74) is 0.449. The quantitative estimate of drug-likeness (QED) is 0.298. The molecule has 0 aromatic carbocycles. The lowest BCUT2D eigenvalue weighted by molar-refractivity contribution is 0.153. The first-order valence-electron chi connectivity index (χ1n) is 11.4. The molecule has 30 heavy (non-hydrogen) atoms. The van der Waals surface area contributed by atoms with E-state index in [4.69, 9.17) is 12.2 Å². The number of aromatic hydroxyl groups is 1. The summed E-state index contributed by atoms with van der Waals surface area (Å²) >= 11 is 5.28. The minimum absolute atomic E-state index is 0.0578. The minimum atomic E-state index is -0.364. The molecule has 8 heteroatoms. The van der Waals surface area contributed by atoms with Crippen molar-refractivity contribution in [3.8, 4) is 5.88 Å². The molecule has 0 aliphatic carbocycles. The Morgan fingerprint density at radius 3 is 2.43 bits per heavy atom. The first-order chi connectivity index (χ1) is 14.4. The molecule has 1 aromatic heterocycles. The van der Waals surface area contributed by atoms with Crippen molar-refractivity contribution in [1.82, 2.24) is 19.4 Å². The first kappa shape index (κ1) is 24.8. The summed E-state index contributed by atoms with van der Waals surface area (Å²) in [7, 11) is 2.15. The minimum Gasteiger partial charge on any atom is -0.494 e. The summed E-state index contributed by atoms with van der Waals surface area (Å²) in [5, 5.41) is 10.7. The Bertz CT molecular complexity index is 794. The van der Waals surface area contributed by atoms with Crippen LogP contribution in [0.4, 0.5) is 0 Å². The largest absolute Gasteiger partial charge is 0.494 e. The van der Waals surface area contributed by atoms with Gasteiger partial charge in [0.15, 0.2) is 4.77 Å². The number of likely N-dealkylation sites (N-methyl/N-ethyl adjacent to an activating group) is 1. The van der Waals surface area contributed by atoms with Gasteiger partial charge < -0.3 is 14.9 Å². The van der Waals surface area contributed by atoms with Crippen LogP contribution < -0.4 is 5.56 Å². The van der Waals surface area contributed by atoms with Crippen LogP contribution >= 0.6 is 12.2 Å². The van der Waals surface area contributed by atoms with Crippen LogP contribution in [0.25, 0.3) is 0 Å². The van der Waals surface area contributed by atoms with Gasteiger partial charge in [-0.2, -0.15) is 0 Å². The van der Waals surface area contributed by atoms with E-state index in [-0.39, 0.29) is 21.8 Å². The Balaban J connectivity index is 1.93. The lowest BCUT2D eigenvalue weighted by Crippen LogP contribution is -2.44. The van der Waals surface area contributed by atoms with Gasteiger partial charge in [0.25, 0.3) is 5.56 Å². The number of rotatable bonds is 12. The molecule has 0 bridgehead atoms. The second-order valence-electron chi connectivity index (χ2n) is 8.34. The smallest absolute Gasteiger partial charge is 0.264 e. The Kier molecular flexibility index (Phi) is 10.7. The molecule has 7 nitrogen and oxygen atoms in total. The molecule has 0 atom stereocenters. The summed E-state index contributed by atoms with van der Waals surface area (Å²) < 4.78 is 1.91. The van der Waals surface area contributed by atoms with Gasteiger partial charge in [-0.05, 0) is 45.6 Å². The van der Waals surface area contributed by atoms with Crippen LogP contribution in [0.5, 0.6) is 5.88 Å². The highest BCUT2D eigenvalue weighted by Crippen LogP contribution is 2.16. The van der Waals surface area contributed by atoms with Gasteiger partial charge in [-0.3, -0.25) is 19.3 Å². The first-order valence-corrected chi connectivity index (χ1v) is 11.8. The van der Waals surface area contributed by atoms with Gasteiger partial charge >= 0.3 is 0 Å². The molecular formula is C22H39N5O2S. The van der Waals surface area contributed by atoms with Gasteiger partial charge in [0.1, 0.15) is 5.56 Å². The SMILES string of the molecule is CCCCCCCCn1c(O)c(C(C)=NCCCN2CCN(C)CC2)c(=O)[nH]c1=S. The molecule has 1 aliphatic heterocycles. The van der Waals surface area contributed by atoms with Crippen molar-refractivity contribution < 1.29 is 5.11 Å². The van der Waals surface area contributed by atoms with Crippen molar-refractivity contribution in [2.45, 2.75) is 65.3 Å². The van der Waals surface area contributed by atoms with Crippen LogP contribution in [0.2, 0.25) is 0 Å². The number of nitrogens with one attached hydrogen (secondary N) is 1. The summed E-state index contributed by atoms with van der Waals surface area (Å²) in [5.74, 6) is -0.0578. The van der Waals surface area contributed by atoms with E-state index in [0.29, 0.717) is 18.8 Å². The highest BCUT2D eigenvalue weighted by Gasteiger charge is 2.16. The zero-order valence-corrected chi connectivity index (χ0v) is 19.8. The van der Waals surface area contributed by atoms with Gasteiger partial charge in [0, 0.05) is 45.0 Å². The number of nitrogens with zero attached hydrogens (tertiary/aromatic N) is 4. The molecule has 0 radical (unpaired) electrons. The molecule has 1 saturated heterocycles. The molecule has 0 amide bonds. The van der Waals surface area contributed by atoms with Crippen molar-refractivity contribution in [3.63, 3.8) is 0 Å². The number of aromatic amines is 1. The molecule has 0 saturated carbocycles. The Morgan fingerprint density at radius 2 is 1.73 bits per heavy atom. The van der Waals surface area contributed by atoms with Crippen LogP contribution in [0.1, 0.15) is 64.4 Å². The number of aliphatic imine (C=N–C) groups is 1. The molecule has 2 heterocycles. The fourth-order valence-corrected chi connectivity index (χ4v) is 4.11. The summed E-state index contributed by atoms with van der Waals surface area (Å²) in [4.78, 5) is 24.5. The zero-order valence-electron chi connectivity index (χ0n) is 19.0. The summed E-state index contributed by atoms with van der Waals surface area (Å²) in [6, 6.07) is 0. The number of aromatic nitrogens is 2. The van der Waals surface area contributed by atoms with E-state index in [9.17, 15) is 9.90 Å². The third-order valence-electron chi connectivity index (χ3n) is 5.85. The Labute approximate surface area is 185 Å². The third kappa shape index (κ3) is 7.63. The normalized spacial score (nSPS) is 16.3. The molecule has 1 fully saturated rings. The van der Waals surface area contributed by atoms with Crippen LogP contribution in [0, 0.1) is 4.77 Å². The van der Waals surface area contributed by atoms with E-state index in [1.165, 1.54) is 25.7 Å². The number of piperazine rings is 1. The molecule has 2 N–H and O–H groups in total. The van der Waals surface area contributed by atoms with E-state index >= 15 is 0 Å². The van der Waals surface area contributed by atoms with Crippen molar-refractivity contribution in [2.24, 2.45) is 4.99 Å². The summed E-state index contributed by atoms with van der Waals surface area (Å²) in [6.45, 7) is 10.7. The number of H-pyrrole nitrogens is 1. The van der Waals surface area contributed by atoms with Gasteiger partial charge in [0.2, 0.25) is 5.88 Å². The fraction of sp³-hybridized carbons (Fsp3) is 0.773. The second kappa shape index (κ2) is 13.0. The maximum absolute atomic E-state index is 12.4. The highest BCUT2D eigenvalue weighted by molar-refractivity contribution is 7.71. The monoisotopic (exact) mass is 437 g/mol. The molecule has 1 aromatic rings. The molecule has 170 valence electrons. The van der Waals surface area contributed by atoms with Gasteiger partial charge in [-0.1, -0.05) is 39.0 Å². The van der Waals surface area contributed by atoms with Crippen molar-refractivity contribution in [3.05, 3.63) is 20.7 Å². The third-order valence-corrected chi connectivity index (χ3v) is 6.17. The van der Waals surface area contributed by atoms with E-state index in [2.05, 4.69) is 33.7 Å². The van der Waals surface area contributed by atoms with E-state index < -0.39 is 0 Å². The van der Waals surface area contributed by atoms with Gasteiger partial charge in [0.05, 0.1) is 0 Å². The molecule has 0 spiro atoms. The number of unbranched alkanes of at least 4 members (excludes halogenated alkanes) is 5. The maximum Gasteiger partial charge on any atom is 0.264 e. The lowest BCUT2D eigenvalue weighted by atomic mass is 10.1. The molecule has 1 aliphatic rings. The average Bonchev–Trinajstić information content (AvgIpc) is 2.71. The van der Waals surface area contributed by atoms with Crippen molar-refractivity contribution >= 4 is 17.9 Å². The van der Waals surface area contributed by atoms with Crippen LogP contribution in [-0.2, 0) is 6.54 Å². The van der Waals surface area contributed by atoms with Crippen molar-refractivity contribution in [1.29, 1.82) is 0 Å². The van der Waals surface area contributed by atoms with Crippen LogP contribution in [0.3, 0.4) is 0 Å². The van der Waals surface area contributed by atoms with Gasteiger partial charge in [-0.25, -0.2) is 0 Å². The average molecular weight is 438 g/mol. The number of hydrogen-bond donors (Lipinski definition) is 2. The number of hydrogen-bond acceptors (Lipinski definition) is 6. The Hall–Kier alpha value is -1.51. The van der Waals surface area contributed by atoms with E-state index in [1.54, 1.807) is 11.5 Å². The van der Waals surface area contributed by atoms with Crippen LogP contribution in [-0.4, -0.2) is 76.5 Å². The van der Waals surface area contributed by atoms with Crippen LogP contribution in [0.15, 0.2) is 9.79 Å². The van der Waals surface area contributed by atoms with E-state index in [0.717, 1.165) is 52.0 Å². The molecular weight excluding hydrogens is 398 g/mol. The topological polar surface area (TPSA) is 76.9 Å². The Morgan fingerprint density at radius 1 is 1.07 bits per heavy atom. The maximum atomic E-state index is 12.4. The lowest BCUT2D eigenvalue weighted by Gasteiger charge is -2.32. The highest BCUT2D eigenvalue weighted by atomic mass is 32.1.